The first-order valence-electron chi connectivity index (χ1n) is 7.47. The Hall–Kier alpha value is -0.970. The van der Waals surface area contributed by atoms with Gasteiger partial charge in [-0.25, -0.2) is 0 Å². The van der Waals surface area contributed by atoms with Crippen LogP contribution in [0.5, 0.6) is 11.5 Å². The summed E-state index contributed by atoms with van der Waals surface area (Å²) in [6.07, 6.45) is 3.52. The largest absolute Gasteiger partial charge is 0.493 e. The lowest BCUT2D eigenvalue weighted by Crippen LogP contribution is -2.36. The van der Waals surface area contributed by atoms with Crippen LogP contribution in [0, 0.1) is 0 Å². The van der Waals surface area contributed by atoms with Crippen molar-refractivity contribution in [1.29, 1.82) is 0 Å². The molecule has 4 nitrogen and oxygen atoms in total. The Morgan fingerprint density at radius 2 is 2.00 bits per heavy atom. The summed E-state index contributed by atoms with van der Waals surface area (Å²) in [5.41, 5.74) is 1.00. The molecule has 21 heavy (non-hydrogen) atoms. The van der Waals surface area contributed by atoms with E-state index in [9.17, 15) is 0 Å². The van der Waals surface area contributed by atoms with Crippen molar-refractivity contribution < 1.29 is 14.2 Å². The highest BCUT2D eigenvalue weighted by molar-refractivity contribution is 6.31. The van der Waals surface area contributed by atoms with Crippen molar-refractivity contribution in [1.82, 2.24) is 5.32 Å². The number of benzene rings is 1. The van der Waals surface area contributed by atoms with Gasteiger partial charge in [-0.3, -0.25) is 0 Å². The van der Waals surface area contributed by atoms with Gasteiger partial charge in [0.1, 0.15) is 0 Å². The van der Waals surface area contributed by atoms with E-state index in [4.69, 9.17) is 25.8 Å². The van der Waals surface area contributed by atoms with Gasteiger partial charge in [-0.2, -0.15) is 0 Å². The van der Waals surface area contributed by atoms with Crippen LogP contribution in [0.25, 0.3) is 0 Å². The standard InChI is InChI=1S/C16H24ClNO3/c1-4-18-16(13-7-5-6-8-21-13)11-9-14(19-2)15(20-3)10-12(11)17/h9-10,13,16,18H,4-8H2,1-3H3. The van der Waals surface area contributed by atoms with Crippen molar-refractivity contribution in [2.45, 2.75) is 38.3 Å². The van der Waals surface area contributed by atoms with Gasteiger partial charge in [0.15, 0.2) is 11.5 Å². The van der Waals surface area contributed by atoms with Gasteiger partial charge in [-0.1, -0.05) is 18.5 Å². The molecule has 1 aliphatic heterocycles. The van der Waals surface area contributed by atoms with Crippen molar-refractivity contribution in [3.8, 4) is 11.5 Å². The summed E-state index contributed by atoms with van der Waals surface area (Å²) in [5, 5.41) is 4.17. The van der Waals surface area contributed by atoms with Crippen LogP contribution in [0.15, 0.2) is 12.1 Å². The van der Waals surface area contributed by atoms with Crippen LogP contribution in [0.3, 0.4) is 0 Å². The molecule has 0 radical (unpaired) electrons. The zero-order valence-corrected chi connectivity index (χ0v) is 13.7. The summed E-state index contributed by atoms with van der Waals surface area (Å²) in [7, 11) is 3.24. The van der Waals surface area contributed by atoms with E-state index in [1.807, 2.05) is 12.1 Å². The van der Waals surface area contributed by atoms with Gasteiger partial charge in [-0.15, -0.1) is 0 Å². The van der Waals surface area contributed by atoms with Crippen LogP contribution >= 0.6 is 11.6 Å². The van der Waals surface area contributed by atoms with Gasteiger partial charge < -0.3 is 19.5 Å². The average molecular weight is 314 g/mol. The van der Waals surface area contributed by atoms with E-state index in [1.54, 1.807) is 14.2 Å². The minimum atomic E-state index is 0.0719. The molecule has 0 aliphatic carbocycles. The second kappa shape index (κ2) is 7.87. The first-order chi connectivity index (χ1) is 10.2. The van der Waals surface area contributed by atoms with Crippen LogP contribution in [0.1, 0.15) is 37.8 Å². The van der Waals surface area contributed by atoms with Gasteiger partial charge in [0.2, 0.25) is 0 Å². The summed E-state index contributed by atoms with van der Waals surface area (Å²) in [5.74, 6) is 1.33. The smallest absolute Gasteiger partial charge is 0.162 e. The number of ether oxygens (including phenoxy) is 3. The van der Waals surface area contributed by atoms with Gasteiger partial charge in [0.25, 0.3) is 0 Å². The fourth-order valence-corrected chi connectivity index (χ4v) is 3.07. The van der Waals surface area contributed by atoms with Gasteiger partial charge in [-0.05, 0) is 37.4 Å². The molecule has 0 spiro atoms. The summed E-state index contributed by atoms with van der Waals surface area (Å²) in [6, 6.07) is 3.83. The molecule has 5 heteroatoms. The Bertz CT molecular complexity index is 461. The number of rotatable bonds is 6. The molecule has 0 bridgehead atoms. The van der Waals surface area contributed by atoms with Gasteiger partial charge in [0.05, 0.1) is 26.4 Å². The lowest BCUT2D eigenvalue weighted by molar-refractivity contribution is -0.00788. The van der Waals surface area contributed by atoms with E-state index in [-0.39, 0.29) is 12.1 Å². The van der Waals surface area contributed by atoms with E-state index in [2.05, 4.69) is 12.2 Å². The van der Waals surface area contributed by atoms with Crippen LogP contribution in [0.4, 0.5) is 0 Å². The average Bonchev–Trinajstić information content (AvgIpc) is 2.53. The van der Waals surface area contributed by atoms with Crippen LogP contribution < -0.4 is 14.8 Å². The van der Waals surface area contributed by atoms with Crippen molar-refractivity contribution in [3.05, 3.63) is 22.7 Å². The highest BCUT2D eigenvalue weighted by Gasteiger charge is 2.28. The van der Waals surface area contributed by atoms with E-state index >= 15 is 0 Å². The number of methoxy groups -OCH3 is 2. The second-order valence-corrected chi connectivity index (χ2v) is 5.58. The molecule has 1 saturated heterocycles. The molecular formula is C16H24ClNO3. The summed E-state index contributed by atoms with van der Waals surface area (Å²) < 4.78 is 16.6. The van der Waals surface area contributed by atoms with E-state index in [1.165, 1.54) is 6.42 Å². The maximum atomic E-state index is 6.46. The molecule has 1 fully saturated rings. The minimum absolute atomic E-state index is 0.0719. The molecule has 1 heterocycles. The summed E-state index contributed by atoms with van der Waals surface area (Å²) >= 11 is 6.46. The minimum Gasteiger partial charge on any atom is -0.493 e. The quantitative estimate of drug-likeness (QED) is 0.871. The van der Waals surface area contributed by atoms with E-state index in [0.29, 0.717) is 16.5 Å². The first-order valence-corrected chi connectivity index (χ1v) is 7.85. The zero-order chi connectivity index (χ0) is 15.2. The Labute approximate surface area is 131 Å². The number of hydrogen-bond acceptors (Lipinski definition) is 4. The molecule has 1 aromatic carbocycles. The van der Waals surface area contributed by atoms with Crippen LogP contribution in [-0.2, 0) is 4.74 Å². The third-order valence-electron chi connectivity index (χ3n) is 3.85. The van der Waals surface area contributed by atoms with Gasteiger partial charge in [0, 0.05) is 17.7 Å². The predicted octanol–water partition coefficient (Wildman–Crippen LogP) is 3.58. The van der Waals surface area contributed by atoms with Gasteiger partial charge >= 0.3 is 0 Å². The fraction of sp³-hybridized carbons (Fsp3) is 0.625. The summed E-state index contributed by atoms with van der Waals surface area (Å²) in [6.45, 7) is 3.76. The molecule has 1 N–H and O–H groups in total. The number of halogens is 1. The molecular weight excluding hydrogens is 290 g/mol. The SMILES string of the molecule is CCNC(c1cc(OC)c(OC)cc1Cl)C1CCCCO1. The van der Waals surface area contributed by atoms with Crippen LogP contribution in [0.2, 0.25) is 5.02 Å². The highest BCUT2D eigenvalue weighted by atomic mass is 35.5. The third kappa shape index (κ3) is 3.82. The molecule has 2 atom stereocenters. The maximum absolute atomic E-state index is 6.46. The first kappa shape index (κ1) is 16.4. The van der Waals surface area contributed by atoms with E-state index < -0.39 is 0 Å². The van der Waals surface area contributed by atoms with Crippen molar-refractivity contribution in [2.75, 3.05) is 27.4 Å². The summed E-state index contributed by atoms with van der Waals surface area (Å²) in [4.78, 5) is 0. The Morgan fingerprint density at radius 3 is 2.57 bits per heavy atom. The maximum Gasteiger partial charge on any atom is 0.162 e. The predicted molar refractivity (Wildman–Crippen MR) is 84.6 cm³/mol. The van der Waals surface area contributed by atoms with E-state index in [0.717, 1.165) is 31.6 Å². The zero-order valence-electron chi connectivity index (χ0n) is 12.9. The molecule has 0 saturated carbocycles. The molecule has 2 rings (SSSR count). The lowest BCUT2D eigenvalue weighted by atomic mass is 9.95. The Morgan fingerprint density at radius 1 is 1.29 bits per heavy atom. The van der Waals surface area contributed by atoms with Crippen molar-refractivity contribution >= 4 is 11.6 Å². The topological polar surface area (TPSA) is 39.7 Å². The molecule has 1 aromatic rings. The normalized spacial score (nSPS) is 20.1. The number of likely N-dealkylation sites (N-methyl/N-ethyl adjacent to an activating group) is 1. The van der Waals surface area contributed by atoms with Crippen molar-refractivity contribution in [2.24, 2.45) is 0 Å². The molecule has 118 valence electrons. The Kier molecular flexibility index (Phi) is 6.15. The van der Waals surface area contributed by atoms with Crippen LogP contribution in [-0.4, -0.2) is 33.5 Å². The molecule has 0 aromatic heterocycles. The fourth-order valence-electron chi connectivity index (χ4n) is 2.80. The number of nitrogens with one attached hydrogen (secondary N) is 1. The molecule has 2 unspecified atom stereocenters. The second-order valence-electron chi connectivity index (χ2n) is 5.17. The monoisotopic (exact) mass is 313 g/mol. The third-order valence-corrected chi connectivity index (χ3v) is 4.18. The highest BCUT2D eigenvalue weighted by Crippen LogP contribution is 2.38. The lowest BCUT2D eigenvalue weighted by Gasteiger charge is -2.32. The van der Waals surface area contributed by atoms with Crippen molar-refractivity contribution in [3.63, 3.8) is 0 Å². The molecule has 0 amide bonds. The molecule has 1 aliphatic rings. The number of hydrogen-bond donors (Lipinski definition) is 1. The Balaban J connectivity index is 2.34.